The van der Waals surface area contributed by atoms with Gasteiger partial charge in [-0.25, -0.2) is 4.39 Å². The number of piperidine rings is 1. The summed E-state index contributed by atoms with van der Waals surface area (Å²) in [5, 5.41) is 3.11. The van der Waals surface area contributed by atoms with Gasteiger partial charge in [-0.3, -0.25) is 9.59 Å². The van der Waals surface area contributed by atoms with Gasteiger partial charge >= 0.3 is 0 Å². The van der Waals surface area contributed by atoms with Gasteiger partial charge in [0.25, 0.3) is 0 Å². The van der Waals surface area contributed by atoms with Crippen LogP contribution >= 0.6 is 0 Å². The molecule has 2 aromatic carbocycles. The fourth-order valence-corrected chi connectivity index (χ4v) is 4.31. The number of para-hydroxylation sites is 1. The summed E-state index contributed by atoms with van der Waals surface area (Å²) in [5.41, 5.74) is 1.52. The van der Waals surface area contributed by atoms with Gasteiger partial charge < -0.3 is 15.0 Å². The molecule has 0 spiro atoms. The van der Waals surface area contributed by atoms with Crippen molar-refractivity contribution in [1.29, 1.82) is 0 Å². The van der Waals surface area contributed by atoms with E-state index >= 15 is 0 Å². The fraction of sp³-hybridized carbons (Fsp3) is 0.417. The molecule has 2 aliphatic rings. The maximum absolute atomic E-state index is 13.9. The van der Waals surface area contributed by atoms with E-state index in [9.17, 15) is 14.0 Å². The zero-order chi connectivity index (χ0) is 21.1. The molecule has 2 fully saturated rings. The molecule has 1 saturated heterocycles. The Balaban J connectivity index is 1.24. The van der Waals surface area contributed by atoms with Crippen molar-refractivity contribution in [1.82, 2.24) is 10.2 Å². The van der Waals surface area contributed by atoms with E-state index in [-0.39, 0.29) is 35.5 Å². The van der Waals surface area contributed by atoms with Crippen LogP contribution in [-0.4, -0.2) is 43.0 Å². The zero-order valence-electron chi connectivity index (χ0n) is 17.1. The first-order valence-corrected chi connectivity index (χ1v) is 10.5. The highest BCUT2D eigenvalue weighted by Crippen LogP contribution is 2.48. The van der Waals surface area contributed by atoms with E-state index in [0.717, 1.165) is 24.2 Å². The van der Waals surface area contributed by atoms with Crippen LogP contribution in [0.5, 0.6) is 5.75 Å². The maximum Gasteiger partial charge on any atom is 0.227 e. The minimum atomic E-state index is -0.236. The predicted molar refractivity (Wildman–Crippen MR) is 112 cm³/mol. The van der Waals surface area contributed by atoms with Gasteiger partial charge in [0.1, 0.15) is 11.6 Å². The van der Waals surface area contributed by atoms with Crippen molar-refractivity contribution in [2.45, 2.75) is 37.6 Å². The average molecular weight is 410 g/mol. The summed E-state index contributed by atoms with van der Waals surface area (Å²) in [6.45, 7) is 1.25. The Kier molecular flexibility index (Phi) is 6.02. The highest BCUT2D eigenvalue weighted by molar-refractivity contribution is 5.83. The molecular formula is C24H27FN2O3. The number of methoxy groups -OCH3 is 1. The van der Waals surface area contributed by atoms with Crippen molar-refractivity contribution >= 4 is 11.8 Å². The van der Waals surface area contributed by atoms with Crippen LogP contribution < -0.4 is 10.1 Å². The van der Waals surface area contributed by atoms with Crippen LogP contribution in [0.3, 0.4) is 0 Å². The Labute approximate surface area is 176 Å². The Morgan fingerprint density at radius 3 is 2.53 bits per heavy atom. The zero-order valence-corrected chi connectivity index (χ0v) is 17.1. The van der Waals surface area contributed by atoms with Crippen molar-refractivity contribution in [2.24, 2.45) is 5.92 Å². The van der Waals surface area contributed by atoms with Crippen molar-refractivity contribution in [2.75, 3.05) is 20.2 Å². The first kappa shape index (κ1) is 20.4. The number of amides is 2. The second-order valence-corrected chi connectivity index (χ2v) is 8.12. The summed E-state index contributed by atoms with van der Waals surface area (Å²) in [7, 11) is 1.61. The monoisotopic (exact) mass is 410 g/mol. The highest BCUT2D eigenvalue weighted by Gasteiger charge is 2.45. The lowest BCUT2D eigenvalue weighted by Crippen LogP contribution is -2.47. The molecule has 2 unspecified atom stereocenters. The van der Waals surface area contributed by atoms with Crippen molar-refractivity contribution in [3.8, 4) is 5.75 Å². The minimum absolute atomic E-state index is 0.00190. The molecule has 0 bridgehead atoms. The second kappa shape index (κ2) is 8.86. The number of carbonyl (C=O) groups is 2. The molecule has 1 saturated carbocycles. The molecule has 1 heterocycles. The summed E-state index contributed by atoms with van der Waals surface area (Å²) < 4.78 is 19.3. The Morgan fingerprint density at radius 1 is 1.10 bits per heavy atom. The average Bonchev–Trinajstić information content (AvgIpc) is 3.56. The van der Waals surface area contributed by atoms with Crippen LogP contribution in [0.1, 0.15) is 36.3 Å². The molecule has 30 heavy (non-hydrogen) atoms. The summed E-state index contributed by atoms with van der Waals surface area (Å²) in [6.07, 6.45) is 2.48. The van der Waals surface area contributed by atoms with Crippen LogP contribution in [-0.2, 0) is 16.0 Å². The quantitative estimate of drug-likeness (QED) is 0.795. The molecule has 5 nitrogen and oxygen atoms in total. The molecule has 4 rings (SSSR count). The normalized spacial score (nSPS) is 21.2. The van der Waals surface area contributed by atoms with Crippen molar-refractivity contribution in [3.63, 3.8) is 0 Å². The van der Waals surface area contributed by atoms with Gasteiger partial charge in [-0.15, -0.1) is 0 Å². The van der Waals surface area contributed by atoms with E-state index in [1.165, 1.54) is 6.07 Å². The smallest absolute Gasteiger partial charge is 0.227 e. The SMILES string of the molecule is COc1ccccc1CC(=O)N1CCC(NC(=O)C2CC2c2ccccc2F)CC1. The molecule has 1 aliphatic heterocycles. The van der Waals surface area contributed by atoms with E-state index in [1.807, 2.05) is 35.2 Å². The van der Waals surface area contributed by atoms with Crippen LogP contribution in [0, 0.1) is 11.7 Å². The van der Waals surface area contributed by atoms with Crippen LogP contribution in [0.4, 0.5) is 4.39 Å². The number of hydrogen-bond donors (Lipinski definition) is 1. The number of rotatable bonds is 6. The molecule has 2 atom stereocenters. The van der Waals surface area contributed by atoms with E-state index < -0.39 is 0 Å². The van der Waals surface area contributed by atoms with E-state index in [1.54, 1.807) is 19.2 Å². The maximum atomic E-state index is 13.9. The second-order valence-electron chi connectivity index (χ2n) is 8.12. The molecule has 1 N–H and O–H groups in total. The molecule has 2 amide bonds. The van der Waals surface area contributed by atoms with Gasteiger partial charge in [0.2, 0.25) is 11.8 Å². The molecule has 1 aliphatic carbocycles. The lowest BCUT2D eigenvalue weighted by Gasteiger charge is -2.32. The Bertz CT molecular complexity index is 924. The number of benzene rings is 2. The number of ether oxygens (including phenoxy) is 1. The first-order chi connectivity index (χ1) is 14.6. The third-order valence-corrected chi connectivity index (χ3v) is 6.16. The van der Waals surface area contributed by atoms with Gasteiger partial charge in [-0.1, -0.05) is 36.4 Å². The number of hydrogen-bond acceptors (Lipinski definition) is 3. The largest absolute Gasteiger partial charge is 0.496 e. The molecular weight excluding hydrogens is 383 g/mol. The molecule has 0 aromatic heterocycles. The number of halogens is 1. The third-order valence-electron chi connectivity index (χ3n) is 6.16. The lowest BCUT2D eigenvalue weighted by molar-refractivity contribution is -0.131. The highest BCUT2D eigenvalue weighted by atomic mass is 19.1. The van der Waals surface area contributed by atoms with Gasteiger partial charge in [-0.2, -0.15) is 0 Å². The van der Waals surface area contributed by atoms with E-state index in [0.29, 0.717) is 31.5 Å². The lowest BCUT2D eigenvalue weighted by atomic mass is 10.0. The van der Waals surface area contributed by atoms with Crippen LogP contribution in [0.15, 0.2) is 48.5 Å². The summed E-state index contributed by atoms with van der Waals surface area (Å²) in [6, 6.07) is 14.3. The predicted octanol–water partition coefficient (Wildman–Crippen LogP) is 3.29. The van der Waals surface area contributed by atoms with Crippen molar-refractivity contribution in [3.05, 3.63) is 65.5 Å². The molecule has 158 valence electrons. The number of likely N-dealkylation sites (tertiary alicyclic amines) is 1. The molecule has 6 heteroatoms. The van der Waals surface area contributed by atoms with Gasteiger partial charge in [-0.05, 0) is 42.9 Å². The van der Waals surface area contributed by atoms with Gasteiger partial charge in [0.05, 0.1) is 13.5 Å². The summed E-state index contributed by atoms with van der Waals surface area (Å²) in [5.74, 6) is 0.399. The number of nitrogens with one attached hydrogen (secondary N) is 1. The number of carbonyl (C=O) groups excluding carboxylic acids is 2. The Morgan fingerprint density at radius 2 is 1.80 bits per heavy atom. The van der Waals surface area contributed by atoms with Crippen LogP contribution in [0.25, 0.3) is 0 Å². The van der Waals surface area contributed by atoms with E-state index in [2.05, 4.69) is 5.32 Å². The van der Waals surface area contributed by atoms with Crippen LogP contribution in [0.2, 0.25) is 0 Å². The van der Waals surface area contributed by atoms with Gasteiger partial charge in [0.15, 0.2) is 0 Å². The number of nitrogens with zero attached hydrogens (tertiary/aromatic N) is 1. The van der Waals surface area contributed by atoms with E-state index in [4.69, 9.17) is 4.74 Å². The molecule has 2 aromatic rings. The summed E-state index contributed by atoms with van der Waals surface area (Å²) >= 11 is 0. The van der Waals surface area contributed by atoms with Crippen molar-refractivity contribution < 1.29 is 18.7 Å². The third kappa shape index (κ3) is 4.48. The first-order valence-electron chi connectivity index (χ1n) is 10.5. The van der Waals surface area contributed by atoms with Gasteiger partial charge in [0, 0.05) is 30.6 Å². The summed E-state index contributed by atoms with van der Waals surface area (Å²) in [4.78, 5) is 27.1. The molecule has 0 radical (unpaired) electrons. The topological polar surface area (TPSA) is 58.6 Å². The fourth-order valence-electron chi connectivity index (χ4n) is 4.31. The minimum Gasteiger partial charge on any atom is -0.496 e. The standard InChI is InChI=1S/C24H27FN2O3/c1-30-22-9-5-2-6-16(22)14-23(28)27-12-10-17(11-13-27)26-24(29)20-15-19(20)18-7-3-4-8-21(18)25/h2-9,17,19-20H,10-15H2,1H3,(H,26,29). The Hall–Kier alpha value is -2.89.